The van der Waals surface area contributed by atoms with Crippen molar-refractivity contribution in [2.75, 3.05) is 16.8 Å². The molecule has 0 unspecified atom stereocenters. The van der Waals surface area contributed by atoms with Crippen LogP contribution in [0.3, 0.4) is 0 Å². The van der Waals surface area contributed by atoms with E-state index in [2.05, 4.69) is 21.2 Å². The first-order valence-corrected chi connectivity index (χ1v) is 8.36. The number of hydrogen-bond acceptors (Lipinski definition) is 2. The Bertz CT molecular complexity index is 745. The van der Waals surface area contributed by atoms with Gasteiger partial charge in [-0.2, -0.15) is 0 Å². The topological polar surface area (TPSA) is 49.4 Å². The van der Waals surface area contributed by atoms with Crippen molar-refractivity contribution >= 4 is 39.1 Å². The van der Waals surface area contributed by atoms with E-state index in [1.165, 1.54) is 0 Å². The fourth-order valence-corrected chi connectivity index (χ4v) is 3.16. The van der Waals surface area contributed by atoms with Gasteiger partial charge in [-0.1, -0.05) is 34.1 Å². The van der Waals surface area contributed by atoms with Crippen molar-refractivity contribution in [2.24, 2.45) is 0 Å². The molecule has 4 nitrogen and oxygen atoms in total. The number of nitrogens with zero attached hydrogens (tertiary/aromatic N) is 1. The van der Waals surface area contributed by atoms with E-state index in [1.807, 2.05) is 48.5 Å². The summed E-state index contributed by atoms with van der Waals surface area (Å²) in [5.74, 6) is 0.0654. The molecule has 1 aliphatic heterocycles. The predicted molar refractivity (Wildman–Crippen MR) is 94.5 cm³/mol. The molecule has 3 rings (SSSR count). The van der Waals surface area contributed by atoms with Crippen LogP contribution in [0.4, 0.5) is 11.4 Å². The Kier molecular flexibility index (Phi) is 4.76. The molecule has 5 heteroatoms. The molecule has 2 aromatic rings. The van der Waals surface area contributed by atoms with E-state index in [1.54, 1.807) is 4.90 Å². The summed E-state index contributed by atoms with van der Waals surface area (Å²) in [6, 6.07) is 15.1. The molecule has 0 saturated carbocycles. The maximum Gasteiger partial charge on any atom is 0.228 e. The van der Waals surface area contributed by atoms with Crippen molar-refractivity contribution in [2.45, 2.75) is 19.3 Å². The Morgan fingerprint density at radius 1 is 1.17 bits per heavy atom. The average molecular weight is 373 g/mol. The van der Waals surface area contributed by atoms with E-state index in [4.69, 9.17) is 0 Å². The summed E-state index contributed by atoms with van der Waals surface area (Å²) in [7, 11) is 0. The Balaban J connectivity index is 1.68. The number of benzene rings is 2. The second-order valence-electron chi connectivity index (χ2n) is 5.55. The number of carbonyl (C=O) groups excluding carboxylic acids is 2. The molecule has 1 aliphatic rings. The number of rotatable bonds is 4. The highest BCUT2D eigenvalue weighted by atomic mass is 79.9. The van der Waals surface area contributed by atoms with Gasteiger partial charge in [-0.3, -0.25) is 9.59 Å². The largest absolute Gasteiger partial charge is 0.326 e. The van der Waals surface area contributed by atoms with Crippen LogP contribution in [0.25, 0.3) is 0 Å². The van der Waals surface area contributed by atoms with Gasteiger partial charge in [-0.15, -0.1) is 0 Å². The minimum atomic E-state index is -0.0759. The van der Waals surface area contributed by atoms with Crippen molar-refractivity contribution in [1.29, 1.82) is 0 Å². The molecule has 118 valence electrons. The van der Waals surface area contributed by atoms with Gasteiger partial charge in [-0.25, -0.2) is 0 Å². The molecule has 0 atom stereocenters. The summed E-state index contributed by atoms with van der Waals surface area (Å²) in [6.07, 6.45) is 1.80. The normalized spacial score (nSPS) is 14.1. The second kappa shape index (κ2) is 6.96. The lowest BCUT2D eigenvalue weighted by atomic mass is 10.1. The fraction of sp³-hybridized carbons (Fsp3) is 0.222. The summed E-state index contributed by atoms with van der Waals surface area (Å²) in [5, 5.41) is 2.90. The summed E-state index contributed by atoms with van der Waals surface area (Å²) >= 11 is 3.40. The monoisotopic (exact) mass is 372 g/mol. The van der Waals surface area contributed by atoms with E-state index < -0.39 is 0 Å². The van der Waals surface area contributed by atoms with Crippen LogP contribution in [0.5, 0.6) is 0 Å². The Morgan fingerprint density at radius 2 is 2.00 bits per heavy atom. The van der Waals surface area contributed by atoms with Crippen molar-refractivity contribution < 1.29 is 9.59 Å². The Morgan fingerprint density at radius 3 is 2.74 bits per heavy atom. The number of hydrogen-bond donors (Lipinski definition) is 1. The van der Waals surface area contributed by atoms with Gasteiger partial charge in [0.1, 0.15) is 0 Å². The molecule has 0 spiro atoms. The molecule has 0 aliphatic carbocycles. The number of nitrogens with one attached hydrogen (secondary N) is 1. The van der Waals surface area contributed by atoms with Crippen LogP contribution in [0, 0.1) is 0 Å². The zero-order valence-electron chi connectivity index (χ0n) is 12.6. The van der Waals surface area contributed by atoms with Crippen LogP contribution in [-0.2, 0) is 16.0 Å². The van der Waals surface area contributed by atoms with Crippen molar-refractivity contribution in [3.63, 3.8) is 0 Å². The minimum absolute atomic E-state index is 0.0759. The first kappa shape index (κ1) is 15.7. The lowest BCUT2D eigenvalue weighted by molar-refractivity contribution is -0.117. The number of halogens is 1. The SMILES string of the molecule is O=C(Cc1cccc(Br)c1)Nc1cccc(N2CCCC2=O)c1. The fourth-order valence-electron chi connectivity index (χ4n) is 2.71. The van der Waals surface area contributed by atoms with Crippen LogP contribution < -0.4 is 10.2 Å². The first-order chi connectivity index (χ1) is 11.1. The second-order valence-corrected chi connectivity index (χ2v) is 6.47. The van der Waals surface area contributed by atoms with E-state index in [0.29, 0.717) is 18.5 Å². The lowest BCUT2D eigenvalue weighted by Crippen LogP contribution is -2.23. The van der Waals surface area contributed by atoms with Gasteiger partial charge in [-0.05, 0) is 42.3 Å². The van der Waals surface area contributed by atoms with Gasteiger partial charge in [0.15, 0.2) is 0 Å². The van der Waals surface area contributed by atoms with E-state index >= 15 is 0 Å². The van der Waals surface area contributed by atoms with Gasteiger partial charge < -0.3 is 10.2 Å². The highest BCUT2D eigenvalue weighted by molar-refractivity contribution is 9.10. The van der Waals surface area contributed by atoms with Gasteiger partial charge in [0, 0.05) is 28.8 Å². The smallest absolute Gasteiger partial charge is 0.228 e. The van der Waals surface area contributed by atoms with Crippen LogP contribution in [0.2, 0.25) is 0 Å². The third-order valence-electron chi connectivity index (χ3n) is 3.77. The molecule has 1 fully saturated rings. The summed E-state index contributed by atoms with van der Waals surface area (Å²) in [4.78, 5) is 25.8. The number of anilines is 2. The summed E-state index contributed by atoms with van der Waals surface area (Å²) < 4.78 is 0.956. The Labute approximate surface area is 143 Å². The molecule has 0 radical (unpaired) electrons. The zero-order valence-corrected chi connectivity index (χ0v) is 14.2. The number of amides is 2. The lowest BCUT2D eigenvalue weighted by Gasteiger charge is -2.16. The third-order valence-corrected chi connectivity index (χ3v) is 4.26. The summed E-state index contributed by atoms with van der Waals surface area (Å²) in [5.41, 5.74) is 2.50. The molecule has 1 saturated heterocycles. The van der Waals surface area contributed by atoms with Gasteiger partial charge in [0.25, 0.3) is 0 Å². The molecular formula is C18H17BrN2O2. The van der Waals surface area contributed by atoms with Crippen LogP contribution >= 0.6 is 15.9 Å². The van der Waals surface area contributed by atoms with Crippen molar-refractivity contribution in [1.82, 2.24) is 0 Å². The number of carbonyl (C=O) groups is 2. The highest BCUT2D eigenvalue weighted by Gasteiger charge is 2.21. The van der Waals surface area contributed by atoms with Gasteiger partial charge >= 0.3 is 0 Å². The van der Waals surface area contributed by atoms with Crippen LogP contribution in [-0.4, -0.2) is 18.4 Å². The minimum Gasteiger partial charge on any atom is -0.326 e. The first-order valence-electron chi connectivity index (χ1n) is 7.56. The molecular weight excluding hydrogens is 356 g/mol. The van der Waals surface area contributed by atoms with E-state index in [9.17, 15) is 9.59 Å². The highest BCUT2D eigenvalue weighted by Crippen LogP contribution is 2.24. The van der Waals surface area contributed by atoms with E-state index in [0.717, 1.165) is 28.7 Å². The zero-order chi connectivity index (χ0) is 16.2. The Hall–Kier alpha value is -2.14. The van der Waals surface area contributed by atoms with Gasteiger partial charge in [0.2, 0.25) is 11.8 Å². The van der Waals surface area contributed by atoms with Crippen LogP contribution in [0.1, 0.15) is 18.4 Å². The molecule has 2 aromatic carbocycles. The predicted octanol–water partition coefficient (Wildman–Crippen LogP) is 3.76. The summed E-state index contributed by atoms with van der Waals surface area (Å²) in [6.45, 7) is 0.744. The van der Waals surface area contributed by atoms with Crippen molar-refractivity contribution in [3.05, 3.63) is 58.6 Å². The van der Waals surface area contributed by atoms with Gasteiger partial charge in [0.05, 0.1) is 6.42 Å². The quantitative estimate of drug-likeness (QED) is 0.887. The average Bonchev–Trinajstić information content (AvgIpc) is 2.93. The molecule has 0 bridgehead atoms. The molecule has 1 N–H and O–H groups in total. The van der Waals surface area contributed by atoms with E-state index in [-0.39, 0.29) is 11.8 Å². The maximum atomic E-state index is 12.2. The van der Waals surface area contributed by atoms with Crippen LogP contribution in [0.15, 0.2) is 53.0 Å². The molecule has 1 heterocycles. The third kappa shape index (κ3) is 3.99. The van der Waals surface area contributed by atoms with Crippen molar-refractivity contribution in [3.8, 4) is 0 Å². The maximum absolute atomic E-state index is 12.2. The standard InChI is InChI=1S/C18H17BrN2O2/c19-14-5-1-4-13(10-14)11-17(22)20-15-6-2-7-16(12-15)21-9-3-8-18(21)23/h1-2,4-7,10,12H,3,8-9,11H2,(H,20,22). The molecule has 0 aromatic heterocycles. The molecule has 23 heavy (non-hydrogen) atoms. The molecule has 2 amide bonds.